The fourth-order valence-corrected chi connectivity index (χ4v) is 4.00. The molecule has 0 amide bonds. The van der Waals surface area contributed by atoms with E-state index >= 15 is 0 Å². The van der Waals surface area contributed by atoms with E-state index in [1.165, 1.54) is 44.5 Å². The number of piperidine rings is 1. The summed E-state index contributed by atoms with van der Waals surface area (Å²) in [4.78, 5) is 17.2. The van der Waals surface area contributed by atoms with Crippen LogP contribution < -0.4 is 5.63 Å². The molecule has 0 bridgehead atoms. The van der Waals surface area contributed by atoms with E-state index in [-0.39, 0.29) is 17.1 Å². The summed E-state index contributed by atoms with van der Waals surface area (Å²) in [6.45, 7) is 5.84. The van der Waals surface area contributed by atoms with Gasteiger partial charge in [-0.2, -0.15) is 0 Å². The first-order valence-corrected chi connectivity index (χ1v) is 9.07. The van der Waals surface area contributed by atoms with Crippen molar-refractivity contribution in [2.45, 2.75) is 32.2 Å². The quantitative estimate of drug-likeness (QED) is 0.655. The van der Waals surface area contributed by atoms with Crippen LogP contribution in [0.2, 0.25) is 0 Å². The summed E-state index contributed by atoms with van der Waals surface area (Å²) in [5.74, 6) is -0.453. The molecule has 0 atom stereocenters. The van der Waals surface area contributed by atoms with E-state index in [1.807, 2.05) is 0 Å². The summed E-state index contributed by atoms with van der Waals surface area (Å²) in [5.41, 5.74) is 1.62. The van der Waals surface area contributed by atoms with Crippen LogP contribution in [0.3, 0.4) is 0 Å². The third-order valence-electron chi connectivity index (χ3n) is 5.46. The van der Waals surface area contributed by atoms with Crippen LogP contribution in [0, 0.1) is 0 Å². The Morgan fingerprint density at radius 2 is 1.64 bits per heavy atom. The van der Waals surface area contributed by atoms with Gasteiger partial charge in [0.1, 0.15) is 5.58 Å². The summed E-state index contributed by atoms with van der Waals surface area (Å²) in [5, 5.41) is 20.1. The number of likely N-dealkylation sites (tertiary alicyclic amines) is 1. The average molecular weight is 344 g/mol. The number of aromatic hydroxyl groups is 2. The standard InChI is InChI=1S/C19H24N2O4/c22-16-10-14-13-4-7-21(9-8-20-5-2-1-3-6-20)12-15(13)19(24)25-18(14)11-17(16)23/h10-11,22-23H,1-9,12H2. The maximum atomic E-state index is 12.4. The lowest BCUT2D eigenvalue weighted by Gasteiger charge is -2.32. The summed E-state index contributed by atoms with van der Waals surface area (Å²) in [6, 6.07) is 2.81. The smallest absolute Gasteiger partial charge is 0.341 e. The number of nitrogens with zero attached hydrogens (tertiary/aromatic N) is 2. The Kier molecular flexibility index (Phi) is 4.39. The van der Waals surface area contributed by atoms with Crippen molar-refractivity contribution < 1.29 is 14.6 Å². The average Bonchev–Trinajstić information content (AvgIpc) is 2.63. The molecule has 6 nitrogen and oxygen atoms in total. The number of phenolic OH excluding ortho intramolecular Hbond substituents is 2. The largest absolute Gasteiger partial charge is 0.504 e. The van der Waals surface area contributed by atoms with Crippen molar-refractivity contribution in [3.05, 3.63) is 33.7 Å². The van der Waals surface area contributed by atoms with Gasteiger partial charge in [-0.15, -0.1) is 0 Å². The van der Waals surface area contributed by atoms with Gasteiger partial charge in [-0.25, -0.2) is 4.79 Å². The van der Waals surface area contributed by atoms with E-state index in [1.54, 1.807) is 0 Å². The Morgan fingerprint density at radius 1 is 0.920 bits per heavy atom. The topological polar surface area (TPSA) is 77.1 Å². The first-order valence-electron chi connectivity index (χ1n) is 9.07. The van der Waals surface area contributed by atoms with Crippen molar-refractivity contribution in [1.82, 2.24) is 9.80 Å². The van der Waals surface area contributed by atoms with E-state index in [4.69, 9.17) is 4.42 Å². The molecule has 2 N–H and O–H groups in total. The van der Waals surface area contributed by atoms with Crippen molar-refractivity contribution >= 4 is 11.0 Å². The molecule has 0 unspecified atom stereocenters. The molecule has 134 valence electrons. The molecule has 25 heavy (non-hydrogen) atoms. The first kappa shape index (κ1) is 16.4. The van der Waals surface area contributed by atoms with E-state index in [0.717, 1.165) is 37.0 Å². The second kappa shape index (κ2) is 6.69. The molecule has 1 aromatic carbocycles. The fourth-order valence-electron chi connectivity index (χ4n) is 4.00. The Balaban J connectivity index is 1.55. The number of hydrogen-bond acceptors (Lipinski definition) is 6. The van der Waals surface area contributed by atoms with Crippen molar-refractivity contribution in [2.75, 3.05) is 32.7 Å². The van der Waals surface area contributed by atoms with Gasteiger partial charge >= 0.3 is 5.63 Å². The van der Waals surface area contributed by atoms with E-state index in [2.05, 4.69) is 9.80 Å². The van der Waals surface area contributed by atoms with E-state index < -0.39 is 0 Å². The van der Waals surface area contributed by atoms with Crippen molar-refractivity contribution in [1.29, 1.82) is 0 Å². The van der Waals surface area contributed by atoms with Crippen LogP contribution in [-0.4, -0.2) is 52.7 Å². The summed E-state index contributed by atoms with van der Waals surface area (Å²) in [6.07, 6.45) is 4.66. The second-order valence-electron chi connectivity index (χ2n) is 7.11. The Bertz CT molecular complexity index is 839. The predicted octanol–water partition coefficient (Wildman–Crippen LogP) is 2.05. The molecule has 0 radical (unpaired) electrons. The molecule has 2 aliphatic rings. The highest BCUT2D eigenvalue weighted by Crippen LogP contribution is 2.33. The zero-order chi connectivity index (χ0) is 17.4. The molecule has 3 heterocycles. The number of rotatable bonds is 3. The molecular weight excluding hydrogens is 320 g/mol. The third kappa shape index (κ3) is 3.24. The van der Waals surface area contributed by atoms with Gasteiger partial charge < -0.3 is 19.5 Å². The van der Waals surface area contributed by atoms with Gasteiger partial charge in [0.2, 0.25) is 0 Å². The molecule has 6 heteroatoms. The van der Waals surface area contributed by atoms with Gasteiger partial charge in [0.05, 0.1) is 5.56 Å². The van der Waals surface area contributed by atoms with Crippen LogP contribution >= 0.6 is 0 Å². The lowest BCUT2D eigenvalue weighted by molar-refractivity contribution is 0.172. The van der Waals surface area contributed by atoms with Crippen molar-refractivity contribution in [2.24, 2.45) is 0 Å². The lowest BCUT2D eigenvalue weighted by Crippen LogP contribution is -2.41. The molecular formula is C19H24N2O4. The molecule has 0 spiro atoms. The van der Waals surface area contributed by atoms with Gasteiger partial charge in [0, 0.05) is 37.6 Å². The monoisotopic (exact) mass is 344 g/mol. The van der Waals surface area contributed by atoms with Crippen LogP contribution in [-0.2, 0) is 13.0 Å². The van der Waals surface area contributed by atoms with Crippen LogP contribution in [0.4, 0.5) is 0 Å². The third-order valence-corrected chi connectivity index (χ3v) is 5.46. The van der Waals surface area contributed by atoms with Gasteiger partial charge in [-0.05, 0) is 44.0 Å². The van der Waals surface area contributed by atoms with Crippen molar-refractivity contribution in [3.63, 3.8) is 0 Å². The van der Waals surface area contributed by atoms with Crippen LogP contribution in [0.1, 0.15) is 30.4 Å². The SMILES string of the molecule is O=c1oc2cc(O)c(O)cc2c2c1CN(CCN1CCCCC1)CC2. The molecule has 4 rings (SSSR count). The molecule has 0 saturated carbocycles. The Hall–Kier alpha value is -2.05. The second-order valence-corrected chi connectivity index (χ2v) is 7.11. The molecule has 1 saturated heterocycles. The van der Waals surface area contributed by atoms with E-state index in [0.29, 0.717) is 17.7 Å². The zero-order valence-corrected chi connectivity index (χ0v) is 14.3. The molecule has 2 aliphatic heterocycles. The normalized spacial score (nSPS) is 19.2. The number of hydrogen-bond donors (Lipinski definition) is 2. The number of benzene rings is 1. The molecule has 2 aromatic rings. The highest BCUT2D eigenvalue weighted by Gasteiger charge is 2.24. The van der Waals surface area contributed by atoms with Crippen LogP contribution in [0.15, 0.2) is 21.3 Å². The molecule has 0 aliphatic carbocycles. The Morgan fingerprint density at radius 3 is 2.44 bits per heavy atom. The molecule has 1 aromatic heterocycles. The zero-order valence-electron chi connectivity index (χ0n) is 14.3. The van der Waals surface area contributed by atoms with Gasteiger partial charge in [0.25, 0.3) is 0 Å². The van der Waals surface area contributed by atoms with Gasteiger partial charge in [0.15, 0.2) is 11.5 Å². The van der Waals surface area contributed by atoms with E-state index in [9.17, 15) is 15.0 Å². The summed E-state index contributed by atoms with van der Waals surface area (Å²) >= 11 is 0. The first-order chi connectivity index (χ1) is 12.1. The minimum Gasteiger partial charge on any atom is -0.504 e. The molecule has 1 fully saturated rings. The minimum absolute atomic E-state index is 0.184. The number of fused-ring (bicyclic) bond motifs is 3. The van der Waals surface area contributed by atoms with Gasteiger partial charge in [-0.3, -0.25) is 4.90 Å². The maximum Gasteiger partial charge on any atom is 0.341 e. The van der Waals surface area contributed by atoms with Crippen molar-refractivity contribution in [3.8, 4) is 11.5 Å². The minimum atomic E-state index is -0.338. The predicted molar refractivity (Wildman–Crippen MR) is 95.1 cm³/mol. The fraction of sp³-hybridized carbons (Fsp3) is 0.526. The number of phenols is 2. The Labute approximate surface area is 146 Å². The highest BCUT2D eigenvalue weighted by molar-refractivity contribution is 5.84. The highest BCUT2D eigenvalue weighted by atomic mass is 16.4. The summed E-state index contributed by atoms with van der Waals surface area (Å²) in [7, 11) is 0. The maximum absolute atomic E-state index is 12.4. The lowest BCUT2D eigenvalue weighted by atomic mass is 9.97. The van der Waals surface area contributed by atoms with Crippen LogP contribution in [0.25, 0.3) is 11.0 Å². The van der Waals surface area contributed by atoms with Gasteiger partial charge in [-0.1, -0.05) is 6.42 Å². The summed E-state index contributed by atoms with van der Waals surface area (Å²) < 4.78 is 5.37. The van der Waals surface area contributed by atoms with Crippen LogP contribution in [0.5, 0.6) is 11.5 Å².